The average Bonchev–Trinajstić information content (AvgIpc) is 3.41. The Hall–Kier alpha value is -3.65. The van der Waals surface area contributed by atoms with Crippen LogP contribution < -0.4 is 11.1 Å². The number of hydrogen-bond donors (Lipinski definition) is 2. The van der Waals surface area contributed by atoms with Gasteiger partial charge in [-0.2, -0.15) is 10.4 Å². The molecular weight excluding hydrogens is 420 g/mol. The van der Waals surface area contributed by atoms with Gasteiger partial charge < -0.3 is 10.5 Å². The Morgan fingerprint density at radius 1 is 1.30 bits per heavy atom. The monoisotopic (exact) mass is 444 g/mol. The summed E-state index contributed by atoms with van der Waals surface area (Å²) < 4.78 is 6.81. The number of ether oxygens (including phenoxy) is 1. The van der Waals surface area contributed by atoms with Crippen LogP contribution in [0.3, 0.4) is 0 Å². The number of esters is 1. The van der Waals surface area contributed by atoms with E-state index in [9.17, 15) is 4.79 Å². The molecule has 0 bridgehead atoms. The fraction of sp³-hybridized carbons (Fsp3) is 0.348. The smallest absolute Gasteiger partial charge is 0.338 e. The standard InChI is InChI=1S/C23H24N8O2/c1-13-17(3-4-18-19(13)12-33-22(18)32)20-10-30(11-21(25)29-20)8-15-6-27-31(9-15)23-26-7-16(5-24)14(2)28-23/h3-4,6-7,9,20-21,29H,8,10-12,25H2,1-2H3/t20-,21+/m0/s1. The van der Waals surface area contributed by atoms with Gasteiger partial charge in [0.05, 0.1) is 35.4 Å². The van der Waals surface area contributed by atoms with Crippen LogP contribution in [-0.2, 0) is 17.9 Å². The molecule has 2 atom stereocenters. The Morgan fingerprint density at radius 3 is 2.94 bits per heavy atom. The first kappa shape index (κ1) is 21.2. The molecule has 168 valence electrons. The summed E-state index contributed by atoms with van der Waals surface area (Å²) in [7, 11) is 0. The molecule has 2 aliphatic rings. The van der Waals surface area contributed by atoms with Gasteiger partial charge in [-0.15, -0.1) is 0 Å². The molecule has 1 saturated heterocycles. The van der Waals surface area contributed by atoms with Gasteiger partial charge in [-0.25, -0.2) is 19.4 Å². The van der Waals surface area contributed by atoms with Crippen molar-refractivity contribution < 1.29 is 9.53 Å². The number of nitriles is 1. The van der Waals surface area contributed by atoms with E-state index < -0.39 is 0 Å². The highest BCUT2D eigenvalue weighted by Gasteiger charge is 2.30. The van der Waals surface area contributed by atoms with Crippen LogP contribution >= 0.6 is 0 Å². The number of piperazine rings is 1. The zero-order valence-electron chi connectivity index (χ0n) is 18.4. The van der Waals surface area contributed by atoms with Gasteiger partial charge in [-0.05, 0) is 31.0 Å². The summed E-state index contributed by atoms with van der Waals surface area (Å²) in [5, 5.41) is 16.9. The molecule has 2 aliphatic heterocycles. The highest BCUT2D eigenvalue weighted by atomic mass is 16.5. The van der Waals surface area contributed by atoms with Gasteiger partial charge in [0.25, 0.3) is 5.95 Å². The van der Waals surface area contributed by atoms with Crippen molar-refractivity contribution in [1.29, 1.82) is 5.26 Å². The number of nitrogens with two attached hydrogens (primary N) is 1. The summed E-state index contributed by atoms with van der Waals surface area (Å²) in [6, 6.07) is 5.96. The van der Waals surface area contributed by atoms with Crippen LogP contribution in [0.4, 0.5) is 0 Å². The number of carbonyl (C=O) groups is 1. The van der Waals surface area contributed by atoms with E-state index in [-0.39, 0.29) is 18.2 Å². The lowest BCUT2D eigenvalue weighted by Gasteiger charge is -2.38. The zero-order chi connectivity index (χ0) is 23.1. The van der Waals surface area contributed by atoms with Crippen molar-refractivity contribution in [2.45, 2.75) is 39.2 Å². The molecule has 1 aromatic carbocycles. The number of fused-ring (bicyclic) bond motifs is 1. The molecule has 0 radical (unpaired) electrons. The molecule has 1 fully saturated rings. The topological polar surface area (TPSA) is 135 Å². The second-order valence-electron chi connectivity index (χ2n) is 8.48. The third-order valence-electron chi connectivity index (χ3n) is 6.23. The van der Waals surface area contributed by atoms with Crippen LogP contribution in [0.2, 0.25) is 0 Å². The lowest BCUT2D eigenvalue weighted by Crippen LogP contribution is -2.56. The normalized spacial score (nSPS) is 20.4. The maximum atomic E-state index is 11.9. The Balaban J connectivity index is 1.33. The van der Waals surface area contributed by atoms with Crippen molar-refractivity contribution in [3.8, 4) is 12.0 Å². The Kier molecular flexibility index (Phi) is 5.38. The molecule has 0 spiro atoms. The van der Waals surface area contributed by atoms with Gasteiger partial charge in [0, 0.05) is 43.0 Å². The van der Waals surface area contributed by atoms with E-state index in [1.165, 1.54) is 6.20 Å². The molecule has 0 unspecified atom stereocenters. The summed E-state index contributed by atoms with van der Waals surface area (Å²) >= 11 is 0. The van der Waals surface area contributed by atoms with Crippen molar-refractivity contribution in [2.75, 3.05) is 13.1 Å². The number of nitrogens with zero attached hydrogens (tertiary/aromatic N) is 6. The van der Waals surface area contributed by atoms with Crippen molar-refractivity contribution in [3.05, 3.63) is 69.8 Å². The van der Waals surface area contributed by atoms with Gasteiger partial charge in [0.15, 0.2) is 0 Å². The van der Waals surface area contributed by atoms with Gasteiger partial charge in [-0.1, -0.05) is 6.07 Å². The Labute approximate surface area is 191 Å². The van der Waals surface area contributed by atoms with Gasteiger partial charge in [0.2, 0.25) is 0 Å². The predicted octanol–water partition coefficient (Wildman–Crippen LogP) is 1.25. The number of rotatable bonds is 4. The summed E-state index contributed by atoms with van der Waals surface area (Å²) in [6.07, 6.45) is 5.01. The molecule has 0 amide bonds. The quantitative estimate of drug-likeness (QED) is 0.570. The molecule has 4 heterocycles. The molecule has 0 aliphatic carbocycles. The number of aryl methyl sites for hydroxylation is 1. The molecule has 0 saturated carbocycles. The van der Waals surface area contributed by atoms with Crippen LogP contribution in [0, 0.1) is 25.2 Å². The van der Waals surface area contributed by atoms with E-state index >= 15 is 0 Å². The minimum Gasteiger partial charge on any atom is -0.457 e. The van der Waals surface area contributed by atoms with Crippen molar-refractivity contribution in [1.82, 2.24) is 30.0 Å². The second kappa shape index (κ2) is 8.37. The summed E-state index contributed by atoms with van der Waals surface area (Å²) in [5.74, 6) is 0.172. The number of hydrogen-bond acceptors (Lipinski definition) is 9. The summed E-state index contributed by atoms with van der Waals surface area (Å²) in [6.45, 7) is 6.27. The minimum atomic E-state index is -0.256. The summed E-state index contributed by atoms with van der Waals surface area (Å²) in [5.41, 5.74) is 12.2. The summed E-state index contributed by atoms with van der Waals surface area (Å²) in [4.78, 5) is 22.8. The van der Waals surface area contributed by atoms with Crippen molar-refractivity contribution in [3.63, 3.8) is 0 Å². The molecule has 5 rings (SSSR count). The first-order valence-electron chi connectivity index (χ1n) is 10.7. The van der Waals surface area contributed by atoms with E-state index in [0.29, 0.717) is 42.5 Å². The van der Waals surface area contributed by atoms with Crippen LogP contribution in [0.1, 0.15) is 49.9 Å². The fourth-order valence-electron chi connectivity index (χ4n) is 4.52. The second-order valence-corrected chi connectivity index (χ2v) is 8.48. The Bertz CT molecular complexity index is 1280. The van der Waals surface area contributed by atoms with E-state index in [0.717, 1.165) is 28.8 Å². The zero-order valence-corrected chi connectivity index (χ0v) is 18.4. The molecule has 10 heteroatoms. The third-order valence-corrected chi connectivity index (χ3v) is 6.23. The Morgan fingerprint density at radius 2 is 2.15 bits per heavy atom. The molecule has 2 aromatic heterocycles. The molecule has 10 nitrogen and oxygen atoms in total. The number of cyclic esters (lactones) is 1. The number of carbonyl (C=O) groups excluding carboxylic acids is 1. The van der Waals surface area contributed by atoms with Gasteiger partial charge in [0.1, 0.15) is 12.7 Å². The molecule has 3 N–H and O–H groups in total. The first-order valence-corrected chi connectivity index (χ1v) is 10.7. The number of benzene rings is 1. The molecule has 3 aromatic rings. The van der Waals surface area contributed by atoms with E-state index in [1.807, 2.05) is 25.3 Å². The highest BCUT2D eigenvalue weighted by molar-refractivity contribution is 5.94. The van der Waals surface area contributed by atoms with E-state index in [2.05, 4.69) is 31.4 Å². The first-order chi connectivity index (χ1) is 15.9. The van der Waals surface area contributed by atoms with Crippen molar-refractivity contribution >= 4 is 5.97 Å². The van der Waals surface area contributed by atoms with E-state index in [1.54, 1.807) is 17.8 Å². The highest BCUT2D eigenvalue weighted by Crippen LogP contribution is 2.30. The predicted molar refractivity (Wildman–Crippen MR) is 118 cm³/mol. The largest absolute Gasteiger partial charge is 0.457 e. The van der Waals surface area contributed by atoms with Crippen LogP contribution in [0.5, 0.6) is 0 Å². The fourth-order valence-corrected chi connectivity index (χ4v) is 4.52. The van der Waals surface area contributed by atoms with E-state index in [4.69, 9.17) is 15.7 Å². The van der Waals surface area contributed by atoms with Crippen LogP contribution in [0.25, 0.3) is 5.95 Å². The SMILES string of the molecule is Cc1nc(-n2cc(CN3C[C@@H](c4ccc5c(c4C)COC5=O)N[C@@H](N)C3)cn2)ncc1C#N. The average molecular weight is 444 g/mol. The third kappa shape index (κ3) is 3.98. The van der Waals surface area contributed by atoms with Gasteiger partial charge >= 0.3 is 5.97 Å². The molecule has 33 heavy (non-hydrogen) atoms. The lowest BCUT2D eigenvalue weighted by atomic mass is 9.93. The lowest BCUT2D eigenvalue weighted by molar-refractivity contribution is 0.0535. The maximum absolute atomic E-state index is 11.9. The maximum Gasteiger partial charge on any atom is 0.338 e. The number of aromatic nitrogens is 4. The van der Waals surface area contributed by atoms with Gasteiger partial charge in [-0.3, -0.25) is 10.2 Å². The minimum absolute atomic E-state index is 0.0364. The van der Waals surface area contributed by atoms with Crippen LogP contribution in [-0.4, -0.2) is 49.9 Å². The van der Waals surface area contributed by atoms with Crippen LogP contribution in [0.15, 0.2) is 30.7 Å². The molecular formula is C23H24N8O2. The van der Waals surface area contributed by atoms with Crippen molar-refractivity contribution in [2.24, 2.45) is 5.73 Å². The number of nitrogens with one attached hydrogen (secondary N) is 1.